The Balaban J connectivity index is 2.24. The van der Waals surface area contributed by atoms with Gasteiger partial charge in [-0.3, -0.25) is 0 Å². The van der Waals surface area contributed by atoms with Crippen LogP contribution in [0, 0.1) is 0 Å². The van der Waals surface area contributed by atoms with E-state index in [2.05, 4.69) is 31.3 Å². The molecule has 0 saturated heterocycles. The minimum Gasteiger partial charge on any atom is -0.390 e. The lowest BCUT2D eigenvalue weighted by Gasteiger charge is -2.16. The first-order chi connectivity index (χ1) is 7.72. The molecule has 0 aliphatic heterocycles. The van der Waals surface area contributed by atoms with Gasteiger partial charge in [-0.1, -0.05) is 22.0 Å². The topological polar surface area (TPSA) is 82.0 Å². The maximum atomic E-state index is 9.89. The normalized spacial score (nSPS) is 15.2. The molecule has 3 N–H and O–H groups in total. The minimum absolute atomic E-state index is 0.498. The summed E-state index contributed by atoms with van der Waals surface area (Å²) in [5.41, 5.74) is 2.07. The van der Waals surface area contributed by atoms with Crippen LogP contribution in [0.4, 0.5) is 0 Å². The quantitative estimate of drug-likeness (QED) is 0.736. The van der Waals surface area contributed by atoms with Gasteiger partial charge in [0.2, 0.25) is 0 Å². The number of hydrogen-bond acceptors (Lipinski definition) is 4. The van der Waals surface area contributed by atoms with Crippen molar-refractivity contribution in [2.24, 2.45) is 0 Å². The number of fused-ring (bicyclic) bond motifs is 1. The fourth-order valence-electron chi connectivity index (χ4n) is 1.53. The zero-order valence-electron chi connectivity index (χ0n) is 8.47. The Morgan fingerprint density at radius 3 is 2.75 bits per heavy atom. The number of halogens is 1. The molecule has 0 fully saturated rings. The Morgan fingerprint density at radius 1 is 1.25 bits per heavy atom. The summed E-state index contributed by atoms with van der Waals surface area (Å²) in [4.78, 5) is 0. The smallest absolute Gasteiger partial charge is 0.113 e. The molecule has 16 heavy (non-hydrogen) atoms. The lowest BCUT2D eigenvalue weighted by molar-refractivity contribution is 0.0174. The molecule has 2 rings (SSSR count). The van der Waals surface area contributed by atoms with E-state index >= 15 is 0 Å². The highest BCUT2D eigenvalue weighted by atomic mass is 79.9. The van der Waals surface area contributed by atoms with Crippen molar-refractivity contribution >= 4 is 27.0 Å². The van der Waals surface area contributed by atoms with Gasteiger partial charge in [0.1, 0.15) is 17.1 Å². The molecule has 0 spiro atoms. The molecular formula is C10H12BrN3O2. The number of hydrogen-bond donors (Lipinski definition) is 3. The molecule has 2 atom stereocenters. The average Bonchev–Trinajstić information content (AvgIpc) is 2.75. The lowest BCUT2D eigenvalue weighted by Crippen LogP contribution is -2.18. The molecule has 86 valence electrons. The van der Waals surface area contributed by atoms with E-state index in [1.165, 1.54) is 0 Å². The summed E-state index contributed by atoms with van der Waals surface area (Å²) in [5.74, 6) is 0. The highest BCUT2D eigenvalue weighted by Gasteiger charge is 2.18. The number of benzene rings is 1. The van der Waals surface area contributed by atoms with Crippen molar-refractivity contribution in [3.63, 3.8) is 0 Å². The fraction of sp³-hybridized carbons (Fsp3) is 0.400. The second-order valence-corrected chi connectivity index (χ2v) is 4.35. The third-order valence-electron chi connectivity index (χ3n) is 2.45. The van der Waals surface area contributed by atoms with Crippen molar-refractivity contribution in [3.8, 4) is 0 Å². The fourth-order valence-corrected chi connectivity index (χ4v) is 2.00. The zero-order chi connectivity index (χ0) is 11.5. The number of nitrogens with one attached hydrogen (secondary N) is 1. The molecule has 5 nitrogen and oxygen atoms in total. The van der Waals surface area contributed by atoms with Gasteiger partial charge in [0.25, 0.3) is 0 Å². The van der Waals surface area contributed by atoms with E-state index in [-0.39, 0.29) is 0 Å². The highest BCUT2D eigenvalue weighted by molar-refractivity contribution is 9.09. The van der Waals surface area contributed by atoms with Crippen LogP contribution in [0.15, 0.2) is 18.2 Å². The number of nitrogens with zero attached hydrogens (tertiary/aromatic N) is 2. The maximum Gasteiger partial charge on any atom is 0.113 e. The van der Waals surface area contributed by atoms with Crippen LogP contribution in [0.25, 0.3) is 11.0 Å². The zero-order valence-corrected chi connectivity index (χ0v) is 10.1. The first-order valence-corrected chi connectivity index (χ1v) is 6.07. The van der Waals surface area contributed by atoms with Gasteiger partial charge >= 0.3 is 0 Å². The van der Waals surface area contributed by atoms with Crippen molar-refractivity contribution in [2.75, 3.05) is 5.33 Å². The standard InChI is InChI=1S/C10H12BrN3O2/c11-4-3-9(15)10(16)6-1-2-7-8(5-6)13-14-12-7/h1-2,5,9-10,15-16H,3-4H2,(H,12,13,14). The van der Waals surface area contributed by atoms with E-state index in [9.17, 15) is 10.2 Å². The van der Waals surface area contributed by atoms with Gasteiger partial charge in [-0.15, -0.1) is 0 Å². The molecule has 0 bridgehead atoms. The maximum absolute atomic E-state index is 9.89. The van der Waals surface area contributed by atoms with E-state index in [1.54, 1.807) is 18.2 Å². The van der Waals surface area contributed by atoms with Crippen LogP contribution in [0.3, 0.4) is 0 Å². The molecule has 0 saturated carbocycles. The number of aromatic nitrogens is 3. The van der Waals surface area contributed by atoms with Crippen LogP contribution in [-0.4, -0.2) is 37.1 Å². The number of aromatic amines is 1. The molecule has 1 aromatic carbocycles. The van der Waals surface area contributed by atoms with Crippen LogP contribution >= 0.6 is 15.9 Å². The van der Waals surface area contributed by atoms with Crippen LogP contribution in [-0.2, 0) is 0 Å². The van der Waals surface area contributed by atoms with Gasteiger partial charge < -0.3 is 10.2 Å². The molecule has 0 aliphatic rings. The Morgan fingerprint density at radius 2 is 2.00 bits per heavy atom. The molecule has 0 aliphatic carbocycles. The summed E-state index contributed by atoms with van der Waals surface area (Å²) >= 11 is 3.23. The highest BCUT2D eigenvalue weighted by Crippen LogP contribution is 2.22. The number of rotatable bonds is 4. The van der Waals surface area contributed by atoms with E-state index in [1.807, 2.05) is 0 Å². The monoisotopic (exact) mass is 285 g/mol. The molecule has 6 heteroatoms. The van der Waals surface area contributed by atoms with E-state index in [4.69, 9.17) is 0 Å². The Bertz CT molecular complexity index is 474. The van der Waals surface area contributed by atoms with Crippen molar-refractivity contribution in [1.29, 1.82) is 0 Å². The van der Waals surface area contributed by atoms with Crippen LogP contribution in [0.5, 0.6) is 0 Å². The van der Waals surface area contributed by atoms with Gasteiger partial charge in [-0.25, -0.2) is 0 Å². The number of alkyl halides is 1. The molecule has 2 aromatic rings. The predicted octanol–water partition coefficient (Wildman–Crippen LogP) is 1.14. The van der Waals surface area contributed by atoms with Gasteiger partial charge in [0.15, 0.2) is 0 Å². The molecular weight excluding hydrogens is 274 g/mol. The lowest BCUT2D eigenvalue weighted by atomic mass is 10.0. The van der Waals surface area contributed by atoms with Crippen LogP contribution in [0.1, 0.15) is 18.1 Å². The molecule has 1 heterocycles. The van der Waals surface area contributed by atoms with Crippen LogP contribution < -0.4 is 0 Å². The second kappa shape index (κ2) is 4.90. The summed E-state index contributed by atoms with van der Waals surface area (Å²) in [7, 11) is 0. The van der Waals surface area contributed by atoms with E-state index in [0.29, 0.717) is 22.8 Å². The minimum atomic E-state index is -0.890. The first kappa shape index (κ1) is 11.5. The average molecular weight is 286 g/mol. The summed E-state index contributed by atoms with van der Waals surface area (Å²) < 4.78 is 0. The Labute approximate surface area is 101 Å². The van der Waals surface area contributed by atoms with Crippen molar-refractivity contribution in [1.82, 2.24) is 15.4 Å². The van der Waals surface area contributed by atoms with Crippen molar-refractivity contribution in [2.45, 2.75) is 18.6 Å². The van der Waals surface area contributed by atoms with E-state index < -0.39 is 12.2 Å². The third kappa shape index (κ3) is 2.23. The molecule has 2 unspecified atom stereocenters. The molecule has 1 aromatic heterocycles. The van der Waals surface area contributed by atoms with E-state index in [0.717, 1.165) is 5.52 Å². The number of aliphatic hydroxyl groups is 2. The van der Waals surface area contributed by atoms with Gasteiger partial charge in [-0.05, 0) is 24.1 Å². The van der Waals surface area contributed by atoms with Gasteiger partial charge in [0.05, 0.1) is 6.10 Å². The molecule has 0 radical (unpaired) electrons. The van der Waals surface area contributed by atoms with Crippen molar-refractivity contribution < 1.29 is 10.2 Å². The number of aliphatic hydroxyl groups excluding tert-OH is 2. The largest absolute Gasteiger partial charge is 0.390 e. The Hall–Kier alpha value is -0.980. The molecule has 0 amide bonds. The van der Waals surface area contributed by atoms with Crippen LogP contribution in [0.2, 0.25) is 0 Å². The third-order valence-corrected chi connectivity index (χ3v) is 2.91. The summed E-state index contributed by atoms with van der Waals surface area (Å²) in [6.45, 7) is 0. The first-order valence-electron chi connectivity index (χ1n) is 4.95. The number of H-pyrrole nitrogens is 1. The van der Waals surface area contributed by atoms with Gasteiger partial charge in [0, 0.05) is 5.33 Å². The summed E-state index contributed by atoms with van der Waals surface area (Å²) in [6, 6.07) is 5.23. The predicted molar refractivity (Wildman–Crippen MR) is 63.3 cm³/mol. The Kier molecular flexibility index (Phi) is 3.52. The van der Waals surface area contributed by atoms with Crippen molar-refractivity contribution in [3.05, 3.63) is 23.8 Å². The SMILES string of the molecule is OC(CCBr)C(O)c1ccc2n[nH]nc2c1. The summed E-state index contributed by atoms with van der Waals surface area (Å²) in [5, 5.41) is 30.6. The second-order valence-electron chi connectivity index (χ2n) is 3.56. The summed E-state index contributed by atoms with van der Waals surface area (Å²) in [6.07, 6.45) is -1.17. The van der Waals surface area contributed by atoms with Gasteiger partial charge in [-0.2, -0.15) is 15.4 Å².